The Morgan fingerprint density at radius 2 is 1.80 bits per heavy atom. The maximum Gasteiger partial charge on any atom is 0.328 e. The number of benzene rings is 2. The SMILES string of the molecule is CNC(=O)c1ccc(-c2nc(NCCN(C)C)nc3c2CNC(=O)N3c2c(F)cccc2F)cc1. The first-order valence-electron chi connectivity index (χ1n) is 10.9. The van der Waals surface area contributed by atoms with Crippen molar-refractivity contribution >= 4 is 29.4 Å². The number of fused-ring (bicyclic) bond motifs is 1. The van der Waals surface area contributed by atoms with Crippen LogP contribution in [0.25, 0.3) is 11.3 Å². The van der Waals surface area contributed by atoms with Gasteiger partial charge in [0.15, 0.2) is 5.82 Å². The minimum atomic E-state index is -0.898. The average Bonchev–Trinajstić information content (AvgIpc) is 2.84. The summed E-state index contributed by atoms with van der Waals surface area (Å²) in [4.78, 5) is 36.7. The van der Waals surface area contributed by atoms with Gasteiger partial charge in [0, 0.05) is 36.8 Å². The Labute approximate surface area is 201 Å². The fourth-order valence-electron chi connectivity index (χ4n) is 3.70. The van der Waals surface area contributed by atoms with E-state index < -0.39 is 23.4 Å². The molecule has 35 heavy (non-hydrogen) atoms. The summed E-state index contributed by atoms with van der Waals surface area (Å²) in [6.45, 7) is 1.25. The van der Waals surface area contributed by atoms with Crippen molar-refractivity contribution in [3.8, 4) is 11.3 Å². The number of hydrogen-bond donors (Lipinski definition) is 3. The van der Waals surface area contributed by atoms with Crippen LogP contribution in [-0.4, -0.2) is 61.0 Å². The highest BCUT2D eigenvalue weighted by Crippen LogP contribution is 2.38. The first-order chi connectivity index (χ1) is 16.8. The van der Waals surface area contributed by atoms with E-state index in [1.807, 2.05) is 19.0 Å². The average molecular weight is 482 g/mol. The number of rotatable bonds is 7. The van der Waals surface area contributed by atoms with Crippen LogP contribution in [0.4, 0.5) is 31.0 Å². The lowest BCUT2D eigenvalue weighted by molar-refractivity contribution is 0.0963. The molecule has 0 spiro atoms. The monoisotopic (exact) mass is 481 g/mol. The summed E-state index contributed by atoms with van der Waals surface area (Å²) in [5.74, 6) is -1.76. The Balaban J connectivity index is 1.87. The molecule has 0 saturated carbocycles. The molecule has 3 N–H and O–H groups in total. The standard InChI is InChI=1S/C24H25F2N7O2/c1-27-22(34)15-9-7-14(8-10-15)19-16-13-29-24(35)33(20-17(25)5-4-6-18(20)26)21(16)31-23(30-19)28-11-12-32(2)3/h4-10H,11-13H2,1-3H3,(H,27,34)(H,29,35)(H,28,30,31). The molecular weight excluding hydrogens is 456 g/mol. The number of anilines is 3. The van der Waals surface area contributed by atoms with E-state index in [4.69, 9.17) is 0 Å². The Hall–Kier alpha value is -4.12. The highest BCUT2D eigenvalue weighted by molar-refractivity contribution is 6.02. The van der Waals surface area contributed by atoms with Gasteiger partial charge in [-0.05, 0) is 38.4 Å². The highest BCUT2D eigenvalue weighted by atomic mass is 19.1. The zero-order valence-corrected chi connectivity index (χ0v) is 19.5. The molecule has 0 unspecified atom stereocenters. The van der Waals surface area contributed by atoms with Crippen molar-refractivity contribution in [3.05, 3.63) is 65.2 Å². The van der Waals surface area contributed by atoms with E-state index in [1.165, 1.54) is 6.07 Å². The van der Waals surface area contributed by atoms with E-state index in [0.717, 1.165) is 17.0 Å². The van der Waals surface area contributed by atoms with Gasteiger partial charge < -0.3 is 20.9 Å². The Morgan fingerprint density at radius 1 is 1.11 bits per heavy atom. The minimum absolute atomic E-state index is 0.0608. The predicted octanol–water partition coefficient (Wildman–Crippen LogP) is 3.12. The van der Waals surface area contributed by atoms with Gasteiger partial charge in [0.05, 0.1) is 12.2 Å². The molecule has 0 fully saturated rings. The van der Waals surface area contributed by atoms with Crippen LogP contribution in [-0.2, 0) is 6.54 Å². The molecule has 9 nitrogen and oxygen atoms in total. The molecule has 0 saturated heterocycles. The molecule has 0 aliphatic carbocycles. The second-order valence-electron chi connectivity index (χ2n) is 8.15. The van der Waals surface area contributed by atoms with Gasteiger partial charge in [-0.25, -0.2) is 23.5 Å². The summed E-state index contributed by atoms with van der Waals surface area (Å²) in [6, 6.07) is 9.42. The Kier molecular flexibility index (Phi) is 6.87. The highest BCUT2D eigenvalue weighted by Gasteiger charge is 2.34. The van der Waals surface area contributed by atoms with Crippen molar-refractivity contribution in [3.63, 3.8) is 0 Å². The topological polar surface area (TPSA) is 102 Å². The predicted molar refractivity (Wildman–Crippen MR) is 129 cm³/mol. The van der Waals surface area contributed by atoms with Gasteiger partial charge in [-0.3, -0.25) is 4.79 Å². The summed E-state index contributed by atoms with van der Waals surface area (Å²) in [6.07, 6.45) is 0. The number of halogens is 2. The number of carbonyl (C=O) groups excluding carboxylic acids is 2. The molecule has 3 aromatic rings. The van der Waals surface area contributed by atoms with E-state index in [2.05, 4.69) is 25.9 Å². The largest absolute Gasteiger partial charge is 0.355 e. The molecule has 3 amide bonds. The molecule has 11 heteroatoms. The van der Waals surface area contributed by atoms with Crippen LogP contribution in [0.3, 0.4) is 0 Å². The smallest absolute Gasteiger partial charge is 0.328 e. The lowest BCUT2D eigenvalue weighted by Gasteiger charge is -2.30. The molecule has 0 atom stereocenters. The third-order valence-electron chi connectivity index (χ3n) is 5.47. The van der Waals surface area contributed by atoms with Crippen molar-refractivity contribution in [1.82, 2.24) is 25.5 Å². The molecule has 0 bridgehead atoms. The fourth-order valence-corrected chi connectivity index (χ4v) is 3.70. The summed E-state index contributed by atoms with van der Waals surface area (Å²) >= 11 is 0. The maximum absolute atomic E-state index is 14.7. The quantitative estimate of drug-likeness (QED) is 0.479. The zero-order valence-electron chi connectivity index (χ0n) is 19.5. The van der Waals surface area contributed by atoms with Crippen LogP contribution in [0, 0.1) is 11.6 Å². The fraction of sp³-hybridized carbons (Fsp3) is 0.250. The number of para-hydroxylation sites is 1. The van der Waals surface area contributed by atoms with Crippen LogP contribution >= 0.6 is 0 Å². The van der Waals surface area contributed by atoms with Gasteiger partial charge in [0.2, 0.25) is 5.95 Å². The molecule has 1 aromatic heterocycles. The third kappa shape index (κ3) is 4.90. The Morgan fingerprint density at radius 3 is 2.43 bits per heavy atom. The van der Waals surface area contributed by atoms with Crippen LogP contribution in [0.1, 0.15) is 15.9 Å². The van der Waals surface area contributed by atoms with E-state index in [9.17, 15) is 18.4 Å². The number of nitrogens with zero attached hydrogens (tertiary/aromatic N) is 4. The third-order valence-corrected chi connectivity index (χ3v) is 5.47. The van der Waals surface area contributed by atoms with Gasteiger partial charge in [-0.2, -0.15) is 4.98 Å². The van der Waals surface area contributed by atoms with Gasteiger partial charge in [-0.15, -0.1) is 0 Å². The molecule has 1 aliphatic heterocycles. The lowest BCUT2D eigenvalue weighted by Crippen LogP contribution is -2.43. The number of amides is 3. The number of aromatic nitrogens is 2. The number of likely N-dealkylation sites (N-methyl/N-ethyl adjacent to an activating group) is 1. The van der Waals surface area contributed by atoms with Gasteiger partial charge in [0.1, 0.15) is 17.3 Å². The molecule has 4 rings (SSSR count). The van der Waals surface area contributed by atoms with Crippen molar-refractivity contribution in [2.24, 2.45) is 0 Å². The van der Waals surface area contributed by atoms with Crippen LogP contribution in [0.15, 0.2) is 42.5 Å². The minimum Gasteiger partial charge on any atom is -0.355 e. The number of hydrogen-bond acceptors (Lipinski definition) is 6. The van der Waals surface area contributed by atoms with E-state index in [-0.39, 0.29) is 24.2 Å². The van der Waals surface area contributed by atoms with Crippen molar-refractivity contribution in [2.75, 3.05) is 44.4 Å². The van der Waals surface area contributed by atoms with E-state index in [0.29, 0.717) is 35.5 Å². The molecule has 2 heterocycles. The van der Waals surface area contributed by atoms with E-state index >= 15 is 0 Å². The molecule has 0 radical (unpaired) electrons. The molecule has 2 aromatic carbocycles. The summed E-state index contributed by atoms with van der Waals surface area (Å²) in [5, 5.41) is 8.33. The Bertz CT molecular complexity index is 1250. The summed E-state index contributed by atoms with van der Waals surface area (Å²) in [7, 11) is 5.38. The maximum atomic E-state index is 14.7. The van der Waals surface area contributed by atoms with Crippen LogP contribution in [0.5, 0.6) is 0 Å². The first kappa shape index (κ1) is 24.0. The molecular formula is C24H25F2N7O2. The van der Waals surface area contributed by atoms with Crippen molar-refractivity contribution < 1.29 is 18.4 Å². The number of carbonyl (C=O) groups is 2. The normalized spacial score (nSPS) is 12.9. The number of nitrogens with one attached hydrogen (secondary N) is 3. The lowest BCUT2D eigenvalue weighted by atomic mass is 10.0. The summed E-state index contributed by atoms with van der Waals surface area (Å²) in [5.41, 5.74) is 1.54. The van der Waals surface area contributed by atoms with Crippen LogP contribution < -0.4 is 20.9 Å². The molecule has 1 aliphatic rings. The summed E-state index contributed by atoms with van der Waals surface area (Å²) < 4.78 is 29.4. The first-order valence-corrected chi connectivity index (χ1v) is 10.9. The zero-order chi connectivity index (χ0) is 25.1. The number of urea groups is 1. The van der Waals surface area contributed by atoms with Crippen molar-refractivity contribution in [2.45, 2.75) is 6.54 Å². The van der Waals surface area contributed by atoms with Crippen molar-refractivity contribution in [1.29, 1.82) is 0 Å². The van der Waals surface area contributed by atoms with Gasteiger partial charge >= 0.3 is 6.03 Å². The van der Waals surface area contributed by atoms with Gasteiger partial charge in [-0.1, -0.05) is 18.2 Å². The second kappa shape index (κ2) is 10.0. The van der Waals surface area contributed by atoms with Crippen LogP contribution in [0.2, 0.25) is 0 Å². The molecule has 182 valence electrons. The van der Waals surface area contributed by atoms with E-state index in [1.54, 1.807) is 31.3 Å². The van der Waals surface area contributed by atoms with Gasteiger partial charge in [0.25, 0.3) is 5.91 Å². The second-order valence-corrected chi connectivity index (χ2v) is 8.15.